The molecule has 4 nitrogen and oxygen atoms in total. The summed E-state index contributed by atoms with van der Waals surface area (Å²) in [4.78, 5) is 11.7. The zero-order valence-electron chi connectivity index (χ0n) is 11.9. The molecule has 2 N–H and O–H groups in total. The van der Waals surface area contributed by atoms with Crippen LogP contribution in [0.2, 0.25) is 0 Å². The third-order valence-electron chi connectivity index (χ3n) is 2.18. The van der Waals surface area contributed by atoms with Crippen LogP contribution in [0.25, 0.3) is 0 Å². The van der Waals surface area contributed by atoms with Gasteiger partial charge in [-0.05, 0) is 40.0 Å². The molecular formula is C14H23ClN2O2. The van der Waals surface area contributed by atoms with Crippen molar-refractivity contribution in [3.05, 3.63) is 24.3 Å². The standard InChI is InChI=1S/C14H22N2O2.ClH/c1-14(2,3)18-12-8-6-5-7-11(12)16-13(17)9-10-15-4;/h5-8,15H,9-10H2,1-4H3,(H,16,17);1H. The number of halogens is 1. The first kappa shape index (κ1) is 17.7. The largest absolute Gasteiger partial charge is 0.486 e. The summed E-state index contributed by atoms with van der Waals surface area (Å²) in [7, 11) is 1.82. The van der Waals surface area contributed by atoms with Gasteiger partial charge in [0.1, 0.15) is 11.4 Å². The predicted molar refractivity (Wildman–Crippen MR) is 81.2 cm³/mol. The Morgan fingerprint density at radius 2 is 1.89 bits per heavy atom. The molecule has 1 aromatic rings. The summed E-state index contributed by atoms with van der Waals surface area (Å²) in [5.41, 5.74) is 0.430. The number of carbonyl (C=O) groups is 1. The van der Waals surface area contributed by atoms with Gasteiger partial charge in [0.2, 0.25) is 5.91 Å². The molecule has 0 spiro atoms. The van der Waals surface area contributed by atoms with Crippen LogP contribution in [-0.2, 0) is 4.79 Å². The van der Waals surface area contributed by atoms with Crippen LogP contribution >= 0.6 is 12.4 Å². The number of para-hydroxylation sites is 2. The molecule has 0 saturated carbocycles. The fourth-order valence-corrected chi connectivity index (χ4v) is 1.44. The topological polar surface area (TPSA) is 50.4 Å². The predicted octanol–water partition coefficient (Wildman–Crippen LogP) is 2.83. The summed E-state index contributed by atoms with van der Waals surface area (Å²) >= 11 is 0. The molecule has 0 unspecified atom stereocenters. The Hall–Kier alpha value is -1.26. The number of anilines is 1. The number of rotatable bonds is 5. The fourth-order valence-electron chi connectivity index (χ4n) is 1.44. The molecule has 0 heterocycles. The smallest absolute Gasteiger partial charge is 0.225 e. The summed E-state index contributed by atoms with van der Waals surface area (Å²) in [6.07, 6.45) is 0.445. The maximum absolute atomic E-state index is 11.7. The molecule has 0 saturated heterocycles. The van der Waals surface area contributed by atoms with E-state index >= 15 is 0 Å². The van der Waals surface area contributed by atoms with E-state index in [0.717, 1.165) is 0 Å². The lowest BCUT2D eigenvalue weighted by molar-refractivity contribution is -0.116. The molecule has 0 aliphatic rings. The normalized spacial score (nSPS) is 10.5. The van der Waals surface area contributed by atoms with E-state index in [2.05, 4.69) is 10.6 Å². The quantitative estimate of drug-likeness (QED) is 0.875. The third kappa shape index (κ3) is 7.03. The Morgan fingerprint density at radius 1 is 1.26 bits per heavy atom. The van der Waals surface area contributed by atoms with Crippen LogP contribution in [0, 0.1) is 0 Å². The average Bonchev–Trinajstić information content (AvgIpc) is 2.27. The van der Waals surface area contributed by atoms with Crippen molar-refractivity contribution in [3.8, 4) is 5.75 Å². The zero-order chi connectivity index (χ0) is 13.6. The Morgan fingerprint density at radius 3 is 2.47 bits per heavy atom. The van der Waals surface area contributed by atoms with Crippen molar-refractivity contribution in [2.45, 2.75) is 32.8 Å². The van der Waals surface area contributed by atoms with Crippen molar-refractivity contribution in [1.82, 2.24) is 5.32 Å². The van der Waals surface area contributed by atoms with E-state index in [-0.39, 0.29) is 23.9 Å². The molecule has 5 heteroatoms. The van der Waals surface area contributed by atoms with Gasteiger partial charge in [0.15, 0.2) is 0 Å². The van der Waals surface area contributed by atoms with E-state index in [9.17, 15) is 4.79 Å². The number of hydrogen-bond acceptors (Lipinski definition) is 3. The molecule has 0 atom stereocenters. The summed E-state index contributed by atoms with van der Waals surface area (Å²) in [5.74, 6) is 0.678. The fraction of sp³-hybridized carbons (Fsp3) is 0.500. The van der Waals surface area contributed by atoms with E-state index in [1.165, 1.54) is 0 Å². The highest BCUT2D eigenvalue weighted by Crippen LogP contribution is 2.27. The molecule has 0 aromatic heterocycles. The van der Waals surface area contributed by atoms with E-state index in [0.29, 0.717) is 24.4 Å². The number of hydrogen-bond donors (Lipinski definition) is 2. The highest BCUT2D eigenvalue weighted by atomic mass is 35.5. The van der Waals surface area contributed by atoms with Crippen LogP contribution in [0.3, 0.4) is 0 Å². The van der Waals surface area contributed by atoms with Crippen molar-refractivity contribution in [3.63, 3.8) is 0 Å². The monoisotopic (exact) mass is 286 g/mol. The van der Waals surface area contributed by atoms with Gasteiger partial charge in [0, 0.05) is 13.0 Å². The van der Waals surface area contributed by atoms with Gasteiger partial charge in [-0.2, -0.15) is 0 Å². The van der Waals surface area contributed by atoms with E-state index in [4.69, 9.17) is 4.74 Å². The second kappa shape index (κ2) is 8.02. The summed E-state index contributed by atoms with van der Waals surface area (Å²) in [6.45, 7) is 6.60. The van der Waals surface area contributed by atoms with Crippen molar-refractivity contribution in [2.75, 3.05) is 18.9 Å². The lowest BCUT2D eigenvalue weighted by atomic mass is 10.2. The Kier molecular flexibility index (Phi) is 7.49. The highest BCUT2D eigenvalue weighted by molar-refractivity contribution is 5.92. The molecule has 0 fully saturated rings. The molecule has 1 aromatic carbocycles. The molecule has 19 heavy (non-hydrogen) atoms. The lowest BCUT2D eigenvalue weighted by Crippen LogP contribution is -2.24. The summed E-state index contributed by atoms with van der Waals surface area (Å²) in [6, 6.07) is 7.48. The van der Waals surface area contributed by atoms with Crippen molar-refractivity contribution < 1.29 is 9.53 Å². The van der Waals surface area contributed by atoms with Gasteiger partial charge in [-0.1, -0.05) is 12.1 Å². The van der Waals surface area contributed by atoms with Gasteiger partial charge in [0.05, 0.1) is 5.69 Å². The first-order valence-corrected chi connectivity index (χ1v) is 6.15. The molecule has 0 aliphatic heterocycles. The van der Waals surface area contributed by atoms with Crippen LogP contribution in [0.15, 0.2) is 24.3 Å². The number of benzene rings is 1. The molecule has 1 amide bonds. The Labute approximate surface area is 121 Å². The Bertz CT molecular complexity index is 403. The maximum Gasteiger partial charge on any atom is 0.225 e. The van der Waals surface area contributed by atoms with E-state index in [1.54, 1.807) is 0 Å². The third-order valence-corrected chi connectivity index (χ3v) is 2.18. The van der Waals surface area contributed by atoms with Gasteiger partial charge < -0.3 is 15.4 Å². The second-order valence-corrected chi connectivity index (χ2v) is 5.11. The Balaban J connectivity index is 0.00000324. The molecule has 0 radical (unpaired) electrons. The van der Waals surface area contributed by atoms with Crippen LogP contribution in [0.1, 0.15) is 27.2 Å². The highest BCUT2D eigenvalue weighted by Gasteiger charge is 2.15. The summed E-state index contributed by atoms with van der Waals surface area (Å²) < 4.78 is 5.81. The van der Waals surface area contributed by atoms with E-state index in [1.807, 2.05) is 52.1 Å². The number of nitrogens with one attached hydrogen (secondary N) is 2. The van der Waals surface area contributed by atoms with Gasteiger partial charge in [-0.15, -0.1) is 12.4 Å². The SMILES string of the molecule is CNCCC(=O)Nc1ccccc1OC(C)(C)C.Cl. The molecule has 108 valence electrons. The van der Waals surface area contributed by atoms with Crippen LogP contribution in [0.4, 0.5) is 5.69 Å². The first-order chi connectivity index (χ1) is 8.42. The van der Waals surface area contributed by atoms with Gasteiger partial charge >= 0.3 is 0 Å². The van der Waals surface area contributed by atoms with Crippen LogP contribution < -0.4 is 15.4 Å². The molecular weight excluding hydrogens is 264 g/mol. The minimum Gasteiger partial charge on any atom is -0.486 e. The zero-order valence-corrected chi connectivity index (χ0v) is 12.8. The minimum absolute atomic E-state index is 0. The number of ether oxygens (including phenoxy) is 1. The first-order valence-electron chi connectivity index (χ1n) is 6.15. The van der Waals surface area contributed by atoms with Gasteiger partial charge in [-0.3, -0.25) is 4.79 Å². The van der Waals surface area contributed by atoms with Crippen molar-refractivity contribution in [1.29, 1.82) is 0 Å². The van der Waals surface area contributed by atoms with Crippen LogP contribution in [-0.4, -0.2) is 25.1 Å². The van der Waals surface area contributed by atoms with Crippen molar-refractivity contribution in [2.24, 2.45) is 0 Å². The summed E-state index contributed by atoms with van der Waals surface area (Å²) in [5, 5.41) is 5.81. The van der Waals surface area contributed by atoms with Gasteiger partial charge in [0.25, 0.3) is 0 Å². The maximum atomic E-state index is 11.7. The van der Waals surface area contributed by atoms with Crippen LogP contribution in [0.5, 0.6) is 5.75 Å². The second-order valence-electron chi connectivity index (χ2n) is 5.11. The molecule has 1 rings (SSSR count). The number of amides is 1. The van der Waals surface area contributed by atoms with Gasteiger partial charge in [-0.25, -0.2) is 0 Å². The average molecular weight is 287 g/mol. The van der Waals surface area contributed by atoms with Crippen molar-refractivity contribution >= 4 is 24.0 Å². The number of carbonyl (C=O) groups excluding carboxylic acids is 1. The minimum atomic E-state index is -0.286. The lowest BCUT2D eigenvalue weighted by Gasteiger charge is -2.23. The molecule has 0 aliphatic carbocycles. The van der Waals surface area contributed by atoms with E-state index < -0.39 is 0 Å². The molecule has 0 bridgehead atoms.